The van der Waals surface area contributed by atoms with Crippen molar-refractivity contribution in [2.45, 2.75) is 50.2 Å². The van der Waals surface area contributed by atoms with Crippen LogP contribution in [0.4, 0.5) is 18.9 Å². The molecule has 1 fully saturated rings. The van der Waals surface area contributed by atoms with Crippen LogP contribution in [0, 0.1) is 11.3 Å². The van der Waals surface area contributed by atoms with Crippen LogP contribution >= 0.6 is 0 Å². The van der Waals surface area contributed by atoms with Crippen LogP contribution in [-0.2, 0) is 23.8 Å². The SMILES string of the molecule is C=CC(=O)N1CCc2nn(-c3ccc(C4CCC4)cc3C#N)c3c2[C@H](C1)N(C(=O)c1cnc(C(F)(F)F)cc1N)CC3. The molecule has 1 atom stereocenters. The number of carbonyl (C=O) groups is 2. The van der Waals surface area contributed by atoms with Crippen LogP contribution in [0.2, 0.25) is 0 Å². The number of halogens is 3. The molecule has 0 unspecified atom stereocenters. The van der Waals surface area contributed by atoms with Crippen LogP contribution in [0.25, 0.3) is 5.69 Å². The molecule has 6 rings (SSSR count). The molecule has 0 radical (unpaired) electrons. The number of anilines is 1. The lowest BCUT2D eigenvalue weighted by Crippen LogP contribution is -2.46. The number of nitrogen functional groups attached to an aromatic ring is 1. The van der Waals surface area contributed by atoms with Crippen molar-refractivity contribution in [3.63, 3.8) is 0 Å². The highest BCUT2D eigenvalue weighted by Crippen LogP contribution is 2.40. The smallest absolute Gasteiger partial charge is 0.398 e. The van der Waals surface area contributed by atoms with E-state index in [1.807, 2.05) is 18.2 Å². The average Bonchev–Trinajstić information content (AvgIpc) is 3.20. The van der Waals surface area contributed by atoms with Crippen molar-refractivity contribution in [3.8, 4) is 11.8 Å². The minimum absolute atomic E-state index is 0.141. The van der Waals surface area contributed by atoms with Crippen molar-refractivity contribution in [2.75, 3.05) is 25.4 Å². The molecule has 3 aromatic rings. The summed E-state index contributed by atoms with van der Waals surface area (Å²) in [6, 6.07) is 8.23. The van der Waals surface area contributed by atoms with Crippen LogP contribution in [0.3, 0.4) is 0 Å². The van der Waals surface area contributed by atoms with Gasteiger partial charge in [0.25, 0.3) is 5.91 Å². The van der Waals surface area contributed by atoms with Gasteiger partial charge in [0.2, 0.25) is 5.91 Å². The molecule has 0 bridgehead atoms. The maximum atomic E-state index is 13.8. The van der Waals surface area contributed by atoms with Gasteiger partial charge in [0.15, 0.2) is 0 Å². The van der Waals surface area contributed by atoms with Gasteiger partial charge in [-0.1, -0.05) is 19.1 Å². The Morgan fingerprint density at radius 2 is 1.95 bits per heavy atom. The zero-order valence-electron chi connectivity index (χ0n) is 22.7. The van der Waals surface area contributed by atoms with E-state index >= 15 is 0 Å². The van der Waals surface area contributed by atoms with Crippen LogP contribution in [-0.4, -0.2) is 56.0 Å². The second-order valence-electron chi connectivity index (χ2n) is 10.9. The van der Waals surface area contributed by atoms with E-state index in [1.165, 1.54) is 17.4 Å². The molecule has 0 spiro atoms. The number of hydrogen-bond acceptors (Lipinski definition) is 6. The van der Waals surface area contributed by atoms with Crippen LogP contribution < -0.4 is 5.73 Å². The Hall–Kier alpha value is -4.66. The van der Waals surface area contributed by atoms with Crippen molar-refractivity contribution in [3.05, 3.63) is 82.5 Å². The van der Waals surface area contributed by atoms with Gasteiger partial charge in [0, 0.05) is 49.9 Å². The fourth-order valence-electron chi connectivity index (χ4n) is 6.15. The molecular formula is C30H28F3N7O2. The molecule has 2 amide bonds. The molecule has 2 N–H and O–H groups in total. The second kappa shape index (κ2) is 10.3. The highest BCUT2D eigenvalue weighted by molar-refractivity contribution is 5.99. The van der Waals surface area contributed by atoms with Crippen molar-refractivity contribution in [1.82, 2.24) is 24.6 Å². The van der Waals surface area contributed by atoms with Gasteiger partial charge in [-0.15, -0.1) is 0 Å². The van der Waals surface area contributed by atoms with Crippen molar-refractivity contribution in [1.29, 1.82) is 5.26 Å². The van der Waals surface area contributed by atoms with E-state index in [0.29, 0.717) is 48.3 Å². The summed E-state index contributed by atoms with van der Waals surface area (Å²) in [6.07, 6.45) is 1.55. The molecular weight excluding hydrogens is 547 g/mol. The Morgan fingerprint density at radius 3 is 2.60 bits per heavy atom. The number of nitrogens with two attached hydrogens (primary N) is 1. The summed E-state index contributed by atoms with van der Waals surface area (Å²) in [5.41, 5.74) is 8.86. The number of hydrogen-bond donors (Lipinski definition) is 1. The molecule has 216 valence electrons. The predicted octanol–water partition coefficient (Wildman–Crippen LogP) is 4.32. The van der Waals surface area contributed by atoms with Crippen molar-refractivity contribution in [2.24, 2.45) is 0 Å². The fraction of sp³-hybridized carbons (Fsp3) is 0.367. The highest BCUT2D eigenvalue weighted by Gasteiger charge is 2.41. The van der Waals surface area contributed by atoms with E-state index in [4.69, 9.17) is 10.8 Å². The minimum Gasteiger partial charge on any atom is -0.398 e. The van der Waals surface area contributed by atoms with E-state index < -0.39 is 23.8 Å². The molecule has 42 heavy (non-hydrogen) atoms. The van der Waals surface area contributed by atoms with Gasteiger partial charge < -0.3 is 15.5 Å². The summed E-state index contributed by atoms with van der Waals surface area (Å²) in [7, 11) is 0. The van der Waals surface area contributed by atoms with Crippen LogP contribution in [0.1, 0.15) is 75.4 Å². The van der Waals surface area contributed by atoms with Gasteiger partial charge in [-0.2, -0.15) is 23.5 Å². The third-order valence-corrected chi connectivity index (χ3v) is 8.56. The van der Waals surface area contributed by atoms with Gasteiger partial charge in [-0.3, -0.25) is 14.6 Å². The number of amides is 2. The largest absolute Gasteiger partial charge is 0.433 e. The van der Waals surface area contributed by atoms with Crippen LogP contribution in [0.15, 0.2) is 43.1 Å². The van der Waals surface area contributed by atoms with Gasteiger partial charge in [0.1, 0.15) is 11.8 Å². The Morgan fingerprint density at radius 1 is 1.17 bits per heavy atom. The monoisotopic (exact) mass is 575 g/mol. The number of aromatic nitrogens is 3. The van der Waals surface area contributed by atoms with Crippen molar-refractivity contribution < 1.29 is 22.8 Å². The molecule has 1 aromatic carbocycles. The van der Waals surface area contributed by atoms with Gasteiger partial charge in [-0.05, 0) is 48.6 Å². The molecule has 12 heteroatoms. The summed E-state index contributed by atoms with van der Waals surface area (Å²) in [5, 5.41) is 14.9. The molecule has 4 heterocycles. The van der Waals surface area contributed by atoms with E-state index in [0.717, 1.165) is 35.9 Å². The minimum atomic E-state index is -4.70. The van der Waals surface area contributed by atoms with E-state index in [1.54, 1.807) is 9.58 Å². The zero-order chi connectivity index (χ0) is 29.8. The first-order valence-corrected chi connectivity index (χ1v) is 13.8. The standard InChI is InChI=1S/C30H28F3N7O2/c1-2-27(41)38-10-8-22-28-24(40(37-22)23-7-6-18(12-19(23)14-34)17-4-3-5-17)9-11-39(25(28)16-38)29(42)20-15-36-26(13-21(20)35)30(31,32)33/h2,6-7,12-13,15,17,25H,1,3-5,8-11,16H2,(H2,35,36)/t25-/m0/s1. The Labute approximate surface area is 240 Å². The third-order valence-electron chi connectivity index (χ3n) is 8.56. The van der Waals surface area contributed by atoms with Gasteiger partial charge in [-0.25, -0.2) is 4.68 Å². The Kier molecular flexibility index (Phi) is 6.75. The fourth-order valence-corrected chi connectivity index (χ4v) is 6.15. The van der Waals surface area contributed by atoms with E-state index in [-0.39, 0.29) is 30.2 Å². The van der Waals surface area contributed by atoms with E-state index in [2.05, 4.69) is 17.6 Å². The normalized spacial score (nSPS) is 18.5. The summed E-state index contributed by atoms with van der Waals surface area (Å²) in [5.74, 6) is -0.427. The maximum absolute atomic E-state index is 13.8. The first kappa shape index (κ1) is 27.5. The molecule has 3 aliphatic rings. The average molecular weight is 576 g/mol. The Balaban J connectivity index is 1.42. The van der Waals surface area contributed by atoms with Crippen molar-refractivity contribution >= 4 is 17.5 Å². The number of benzene rings is 1. The summed E-state index contributed by atoms with van der Waals surface area (Å²) in [4.78, 5) is 33.0. The maximum Gasteiger partial charge on any atom is 0.433 e. The first-order valence-electron chi connectivity index (χ1n) is 13.8. The van der Waals surface area contributed by atoms with Gasteiger partial charge >= 0.3 is 6.18 Å². The number of pyridine rings is 1. The zero-order valence-corrected chi connectivity index (χ0v) is 22.7. The second-order valence-corrected chi connectivity index (χ2v) is 10.9. The topological polar surface area (TPSA) is 121 Å². The number of nitrogens with zero attached hydrogens (tertiary/aromatic N) is 6. The molecule has 1 aliphatic carbocycles. The lowest BCUT2D eigenvalue weighted by molar-refractivity contribution is -0.141. The third kappa shape index (κ3) is 4.58. The summed E-state index contributed by atoms with van der Waals surface area (Å²) >= 11 is 0. The highest BCUT2D eigenvalue weighted by atomic mass is 19.4. The quantitative estimate of drug-likeness (QED) is 0.463. The summed E-state index contributed by atoms with van der Waals surface area (Å²) in [6.45, 7) is 4.26. The Bertz CT molecular complexity index is 1650. The number of carbonyl (C=O) groups excluding carboxylic acids is 2. The predicted molar refractivity (Wildman–Crippen MR) is 146 cm³/mol. The molecule has 2 aromatic heterocycles. The molecule has 1 saturated carbocycles. The summed E-state index contributed by atoms with van der Waals surface area (Å²) < 4.78 is 41.3. The lowest BCUT2D eigenvalue weighted by atomic mass is 9.79. The van der Waals surface area contributed by atoms with Gasteiger partial charge in [0.05, 0.1) is 34.2 Å². The van der Waals surface area contributed by atoms with Crippen LogP contribution in [0.5, 0.6) is 0 Å². The number of nitriles is 1. The lowest BCUT2D eigenvalue weighted by Gasteiger charge is -2.38. The molecule has 2 aliphatic heterocycles. The first-order chi connectivity index (χ1) is 20.1. The number of alkyl halides is 3. The molecule has 0 saturated heterocycles. The van der Waals surface area contributed by atoms with E-state index in [9.17, 15) is 28.0 Å². The number of rotatable bonds is 4. The molecule has 9 nitrogen and oxygen atoms in total.